The molecule has 0 aliphatic carbocycles. The molecular weight excluding hydrogens is 287 g/mol. The molecule has 1 amide bonds. The fourth-order valence-corrected chi connectivity index (χ4v) is 2.60. The second-order valence-corrected chi connectivity index (χ2v) is 6.48. The van der Waals surface area contributed by atoms with E-state index in [9.17, 15) is 14.3 Å². The zero-order valence-corrected chi connectivity index (χ0v) is 13.2. The second-order valence-electron chi connectivity index (χ2n) is 6.48. The van der Waals surface area contributed by atoms with Crippen LogP contribution in [0.3, 0.4) is 0 Å². The van der Waals surface area contributed by atoms with E-state index in [2.05, 4.69) is 5.32 Å². The molecule has 122 valence electrons. The number of halogens is 1. The summed E-state index contributed by atoms with van der Waals surface area (Å²) in [6.07, 6.45) is 0.244. The van der Waals surface area contributed by atoms with E-state index in [1.165, 1.54) is 6.07 Å². The van der Waals surface area contributed by atoms with E-state index in [0.717, 1.165) is 0 Å². The number of hydrogen-bond donors (Lipinski definition) is 2. The SMILES string of the molecule is CC(C)(C)OC(=O)N[C@H]1CCN(c2c(F)cccc2CO)C1. The lowest BCUT2D eigenvalue weighted by Crippen LogP contribution is -2.40. The molecule has 0 aromatic heterocycles. The van der Waals surface area contributed by atoms with E-state index in [-0.39, 0.29) is 18.5 Å². The first kappa shape index (κ1) is 16.5. The molecule has 0 unspecified atom stereocenters. The third-order valence-electron chi connectivity index (χ3n) is 3.47. The number of alkyl carbamates (subject to hydrolysis) is 1. The van der Waals surface area contributed by atoms with Crippen molar-refractivity contribution < 1.29 is 19.0 Å². The largest absolute Gasteiger partial charge is 0.444 e. The van der Waals surface area contributed by atoms with Crippen LogP contribution in [0.1, 0.15) is 32.8 Å². The van der Waals surface area contributed by atoms with Crippen LogP contribution in [0, 0.1) is 5.82 Å². The van der Waals surface area contributed by atoms with Crippen molar-refractivity contribution >= 4 is 11.8 Å². The summed E-state index contributed by atoms with van der Waals surface area (Å²) in [5, 5.41) is 12.2. The summed E-state index contributed by atoms with van der Waals surface area (Å²) < 4.78 is 19.3. The molecule has 2 N–H and O–H groups in total. The third kappa shape index (κ3) is 4.10. The van der Waals surface area contributed by atoms with E-state index >= 15 is 0 Å². The molecule has 1 aliphatic rings. The van der Waals surface area contributed by atoms with Crippen LogP contribution in [0.2, 0.25) is 0 Å². The van der Waals surface area contributed by atoms with Gasteiger partial charge in [-0.15, -0.1) is 0 Å². The summed E-state index contributed by atoms with van der Waals surface area (Å²) in [7, 11) is 0. The Labute approximate surface area is 130 Å². The van der Waals surface area contributed by atoms with Crippen molar-refractivity contribution in [3.05, 3.63) is 29.6 Å². The van der Waals surface area contributed by atoms with E-state index in [4.69, 9.17) is 4.74 Å². The van der Waals surface area contributed by atoms with Gasteiger partial charge in [-0.05, 0) is 33.3 Å². The number of para-hydroxylation sites is 1. The Hall–Kier alpha value is -1.82. The average Bonchev–Trinajstić information content (AvgIpc) is 2.83. The third-order valence-corrected chi connectivity index (χ3v) is 3.47. The molecule has 1 saturated heterocycles. The minimum Gasteiger partial charge on any atom is -0.444 e. The van der Waals surface area contributed by atoms with Crippen LogP contribution < -0.4 is 10.2 Å². The molecule has 1 heterocycles. The van der Waals surface area contributed by atoms with Gasteiger partial charge in [0, 0.05) is 18.7 Å². The van der Waals surface area contributed by atoms with E-state index < -0.39 is 11.7 Å². The van der Waals surface area contributed by atoms with Crippen LogP contribution in [-0.4, -0.2) is 35.9 Å². The van der Waals surface area contributed by atoms with Gasteiger partial charge in [0.2, 0.25) is 0 Å². The first-order chi connectivity index (χ1) is 10.3. The Morgan fingerprint density at radius 1 is 1.50 bits per heavy atom. The van der Waals surface area contributed by atoms with Crippen molar-refractivity contribution in [2.75, 3.05) is 18.0 Å². The van der Waals surface area contributed by atoms with Gasteiger partial charge < -0.3 is 20.1 Å². The maximum absolute atomic E-state index is 14.0. The van der Waals surface area contributed by atoms with Gasteiger partial charge in [-0.1, -0.05) is 12.1 Å². The van der Waals surface area contributed by atoms with Crippen molar-refractivity contribution in [3.63, 3.8) is 0 Å². The van der Waals surface area contributed by atoms with Gasteiger partial charge in [0.05, 0.1) is 18.3 Å². The normalized spacial score (nSPS) is 18.4. The molecule has 1 fully saturated rings. The number of aliphatic hydroxyl groups is 1. The highest BCUT2D eigenvalue weighted by Gasteiger charge is 2.28. The van der Waals surface area contributed by atoms with Crippen LogP contribution in [0.4, 0.5) is 14.9 Å². The van der Waals surface area contributed by atoms with Crippen LogP contribution in [0.25, 0.3) is 0 Å². The molecule has 2 rings (SSSR count). The molecule has 22 heavy (non-hydrogen) atoms. The molecular formula is C16H23FN2O3. The van der Waals surface area contributed by atoms with Crippen LogP contribution in [-0.2, 0) is 11.3 Å². The quantitative estimate of drug-likeness (QED) is 0.900. The lowest BCUT2D eigenvalue weighted by molar-refractivity contribution is 0.0509. The van der Waals surface area contributed by atoms with Crippen molar-refractivity contribution in [2.45, 2.75) is 45.4 Å². The highest BCUT2D eigenvalue weighted by molar-refractivity contribution is 5.68. The Morgan fingerprint density at radius 3 is 2.86 bits per heavy atom. The summed E-state index contributed by atoms with van der Waals surface area (Å²) in [4.78, 5) is 13.6. The Kier molecular flexibility index (Phi) is 4.90. The lowest BCUT2D eigenvalue weighted by atomic mass is 10.1. The number of carbonyl (C=O) groups excluding carboxylic acids is 1. The van der Waals surface area contributed by atoms with Gasteiger partial charge in [0.25, 0.3) is 0 Å². The predicted molar refractivity (Wildman–Crippen MR) is 82.3 cm³/mol. The summed E-state index contributed by atoms with van der Waals surface area (Å²) in [6, 6.07) is 4.56. The van der Waals surface area contributed by atoms with Gasteiger partial charge in [-0.2, -0.15) is 0 Å². The van der Waals surface area contributed by atoms with E-state index in [0.29, 0.717) is 30.8 Å². The Morgan fingerprint density at radius 2 is 2.23 bits per heavy atom. The fourth-order valence-electron chi connectivity index (χ4n) is 2.60. The minimum atomic E-state index is -0.544. The van der Waals surface area contributed by atoms with Gasteiger partial charge in [-0.25, -0.2) is 9.18 Å². The van der Waals surface area contributed by atoms with E-state index in [1.807, 2.05) is 4.90 Å². The minimum absolute atomic E-state index is 0.0963. The lowest BCUT2D eigenvalue weighted by Gasteiger charge is -2.23. The number of nitrogens with zero attached hydrogens (tertiary/aromatic N) is 1. The highest BCUT2D eigenvalue weighted by Crippen LogP contribution is 2.28. The molecule has 5 nitrogen and oxygen atoms in total. The van der Waals surface area contributed by atoms with Crippen molar-refractivity contribution in [3.8, 4) is 0 Å². The first-order valence-corrected chi connectivity index (χ1v) is 7.43. The zero-order chi connectivity index (χ0) is 16.3. The highest BCUT2D eigenvalue weighted by atomic mass is 19.1. The van der Waals surface area contributed by atoms with Crippen molar-refractivity contribution in [1.82, 2.24) is 5.32 Å². The Bertz CT molecular complexity index is 543. The molecule has 1 atom stereocenters. The molecule has 0 bridgehead atoms. The predicted octanol–water partition coefficient (Wildman–Crippen LogP) is 2.42. The maximum atomic E-state index is 14.0. The van der Waals surface area contributed by atoms with Crippen LogP contribution in [0.5, 0.6) is 0 Å². The number of aliphatic hydroxyl groups excluding tert-OH is 1. The Balaban J connectivity index is 2.00. The van der Waals surface area contributed by atoms with Crippen LogP contribution in [0.15, 0.2) is 18.2 Å². The monoisotopic (exact) mass is 310 g/mol. The summed E-state index contributed by atoms with van der Waals surface area (Å²) in [6.45, 7) is 6.32. The van der Waals surface area contributed by atoms with Gasteiger partial charge in [0.15, 0.2) is 0 Å². The summed E-state index contributed by atoms with van der Waals surface area (Å²) in [5.41, 5.74) is 0.425. The summed E-state index contributed by atoms with van der Waals surface area (Å²) in [5.74, 6) is -0.357. The van der Waals surface area contributed by atoms with Gasteiger partial charge >= 0.3 is 6.09 Å². The number of anilines is 1. The van der Waals surface area contributed by atoms with Gasteiger partial charge in [0.1, 0.15) is 11.4 Å². The number of hydrogen-bond acceptors (Lipinski definition) is 4. The molecule has 0 radical (unpaired) electrons. The number of amides is 1. The van der Waals surface area contributed by atoms with Gasteiger partial charge in [-0.3, -0.25) is 0 Å². The molecule has 0 spiro atoms. The molecule has 1 aromatic rings. The number of ether oxygens (including phenoxy) is 1. The maximum Gasteiger partial charge on any atom is 0.407 e. The number of rotatable bonds is 3. The first-order valence-electron chi connectivity index (χ1n) is 7.43. The smallest absolute Gasteiger partial charge is 0.407 e. The molecule has 1 aromatic carbocycles. The van der Waals surface area contributed by atoms with Crippen LogP contribution >= 0.6 is 0 Å². The molecule has 6 heteroatoms. The zero-order valence-electron chi connectivity index (χ0n) is 13.2. The van der Waals surface area contributed by atoms with Crippen molar-refractivity contribution in [2.24, 2.45) is 0 Å². The molecule has 1 aliphatic heterocycles. The van der Waals surface area contributed by atoms with E-state index in [1.54, 1.807) is 32.9 Å². The number of benzene rings is 1. The van der Waals surface area contributed by atoms with Crippen molar-refractivity contribution in [1.29, 1.82) is 0 Å². The number of nitrogens with one attached hydrogen (secondary N) is 1. The summed E-state index contributed by atoms with van der Waals surface area (Å²) >= 11 is 0. The second kappa shape index (κ2) is 6.52. The topological polar surface area (TPSA) is 61.8 Å². The molecule has 0 saturated carbocycles. The fraction of sp³-hybridized carbons (Fsp3) is 0.562. The average molecular weight is 310 g/mol. The standard InChI is InChI=1S/C16H23FN2O3/c1-16(2,3)22-15(21)18-12-7-8-19(9-12)14-11(10-20)5-4-6-13(14)17/h4-6,12,20H,7-10H2,1-3H3,(H,18,21)/t12-/m0/s1. The number of carbonyl (C=O) groups is 1.